The molecule has 1 saturated heterocycles. The van der Waals surface area contributed by atoms with Crippen LogP contribution in [0.2, 0.25) is 0 Å². The average Bonchev–Trinajstić information content (AvgIpc) is 3.21. The lowest BCUT2D eigenvalue weighted by Crippen LogP contribution is -2.60. The molecule has 2 N–H and O–H groups in total. The van der Waals surface area contributed by atoms with Crippen molar-refractivity contribution in [3.8, 4) is 0 Å². The van der Waals surface area contributed by atoms with E-state index in [-0.39, 0.29) is 30.0 Å². The molecule has 1 aromatic rings. The highest BCUT2D eigenvalue weighted by Crippen LogP contribution is 2.55. The molecule has 4 bridgehead atoms. The van der Waals surface area contributed by atoms with Gasteiger partial charge in [-0.25, -0.2) is 4.79 Å². The number of carbonyl (C=O) groups is 3. The summed E-state index contributed by atoms with van der Waals surface area (Å²) in [4.78, 5) is 39.6. The Morgan fingerprint density at radius 2 is 1.84 bits per heavy atom. The van der Waals surface area contributed by atoms with Gasteiger partial charge in [-0.2, -0.15) is 0 Å². The van der Waals surface area contributed by atoms with Crippen LogP contribution >= 0.6 is 0 Å². The van der Waals surface area contributed by atoms with Crippen molar-refractivity contribution >= 4 is 29.2 Å². The number of benzene rings is 1. The quantitative estimate of drug-likeness (QED) is 0.727. The van der Waals surface area contributed by atoms with E-state index in [2.05, 4.69) is 15.5 Å². The minimum Gasteiger partial charge on any atom is -0.452 e. The van der Waals surface area contributed by atoms with Crippen LogP contribution in [0.4, 0.5) is 11.4 Å². The van der Waals surface area contributed by atoms with E-state index in [4.69, 9.17) is 4.74 Å². The van der Waals surface area contributed by atoms with Crippen molar-refractivity contribution in [1.29, 1.82) is 0 Å². The summed E-state index contributed by atoms with van der Waals surface area (Å²) in [6.07, 6.45) is 9.00. The minimum absolute atomic E-state index is 0.0227. The molecule has 6 aliphatic rings. The van der Waals surface area contributed by atoms with Crippen LogP contribution in [0.25, 0.3) is 0 Å². The van der Waals surface area contributed by atoms with Crippen LogP contribution < -0.4 is 15.5 Å². The maximum absolute atomic E-state index is 12.6. The number of fused-ring (bicyclic) bond motifs is 3. The van der Waals surface area contributed by atoms with Gasteiger partial charge in [0.15, 0.2) is 6.61 Å². The molecular weight excluding hydrogens is 394 g/mol. The van der Waals surface area contributed by atoms with Gasteiger partial charge in [0, 0.05) is 12.1 Å². The first kappa shape index (κ1) is 19.1. The van der Waals surface area contributed by atoms with Gasteiger partial charge in [0.2, 0.25) is 5.91 Å². The van der Waals surface area contributed by atoms with Gasteiger partial charge in [-0.05, 0) is 87.3 Å². The normalized spacial score (nSPS) is 34.7. The number of hydrogen-bond acceptors (Lipinski definition) is 5. The third-order valence-corrected chi connectivity index (χ3v) is 8.13. The summed E-state index contributed by atoms with van der Waals surface area (Å²) in [6, 6.07) is 5.12. The molecule has 0 aromatic heterocycles. The number of anilines is 2. The first-order chi connectivity index (χ1) is 15.0. The molecule has 5 fully saturated rings. The Morgan fingerprint density at radius 3 is 2.55 bits per heavy atom. The number of nitrogens with zero attached hydrogens (tertiary/aromatic N) is 1. The highest BCUT2D eigenvalue weighted by Gasteiger charge is 2.51. The van der Waals surface area contributed by atoms with E-state index in [0.717, 1.165) is 62.1 Å². The summed E-state index contributed by atoms with van der Waals surface area (Å²) in [5.74, 6) is 1.47. The third kappa shape index (κ3) is 3.29. The number of esters is 1. The zero-order valence-electron chi connectivity index (χ0n) is 17.7. The van der Waals surface area contributed by atoms with E-state index >= 15 is 0 Å². The molecule has 7 nitrogen and oxygen atoms in total. The molecule has 7 rings (SSSR count). The Bertz CT molecular complexity index is 923. The lowest BCUT2D eigenvalue weighted by molar-refractivity contribution is -0.130. The van der Waals surface area contributed by atoms with Gasteiger partial charge in [0.25, 0.3) is 5.91 Å². The van der Waals surface area contributed by atoms with Crippen LogP contribution in [0.3, 0.4) is 0 Å². The van der Waals surface area contributed by atoms with Gasteiger partial charge in [-0.3, -0.25) is 9.59 Å². The Balaban J connectivity index is 1.09. The van der Waals surface area contributed by atoms with Crippen molar-refractivity contribution in [1.82, 2.24) is 5.32 Å². The number of nitrogens with one attached hydrogen (secondary N) is 2. The van der Waals surface area contributed by atoms with Crippen molar-refractivity contribution in [2.75, 3.05) is 23.4 Å². The van der Waals surface area contributed by atoms with E-state index in [1.54, 1.807) is 12.1 Å². The second-order valence-corrected chi connectivity index (χ2v) is 10.4. The van der Waals surface area contributed by atoms with Gasteiger partial charge in [0.05, 0.1) is 16.9 Å². The zero-order valence-corrected chi connectivity index (χ0v) is 17.7. The largest absolute Gasteiger partial charge is 0.452 e. The van der Waals surface area contributed by atoms with Crippen molar-refractivity contribution in [3.05, 3.63) is 23.8 Å². The van der Waals surface area contributed by atoms with Gasteiger partial charge >= 0.3 is 5.97 Å². The molecule has 1 atom stereocenters. The molecule has 31 heavy (non-hydrogen) atoms. The molecule has 1 aromatic carbocycles. The van der Waals surface area contributed by atoms with Crippen LogP contribution in [-0.2, 0) is 14.3 Å². The minimum atomic E-state index is -0.541. The Hall–Kier alpha value is -2.57. The number of rotatable bonds is 4. The molecule has 0 spiro atoms. The summed E-state index contributed by atoms with van der Waals surface area (Å²) in [7, 11) is 0. The summed E-state index contributed by atoms with van der Waals surface area (Å²) in [6.45, 7) is 0.581. The molecule has 2 aliphatic heterocycles. The standard InChI is InChI=1S/C24H29N3O4/c28-21(26-24-10-14-6-15(11-24)8-16(7-14)12-24)13-31-23(30)17-3-4-19-18(9-17)25-22(29)20-2-1-5-27(19)20/h3-4,9,14-16,20H,1-2,5-8,10-13H2,(H,25,29)(H,26,28)/t14?,15?,16?,20-,24?/m0/s1. The molecule has 164 valence electrons. The van der Waals surface area contributed by atoms with Crippen molar-refractivity contribution < 1.29 is 19.1 Å². The number of carbonyl (C=O) groups excluding carboxylic acids is 3. The Kier molecular flexibility index (Phi) is 4.30. The molecule has 0 radical (unpaired) electrons. The van der Waals surface area contributed by atoms with Crippen LogP contribution in [0.5, 0.6) is 0 Å². The highest BCUT2D eigenvalue weighted by atomic mass is 16.5. The second kappa shape index (κ2) is 6.97. The van der Waals surface area contributed by atoms with E-state index < -0.39 is 5.97 Å². The summed E-state index contributed by atoms with van der Waals surface area (Å²) < 4.78 is 5.33. The summed E-state index contributed by atoms with van der Waals surface area (Å²) in [5, 5.41) is 6.14. The van der Waals surface area contributed by atoms with E-state index in [1.165, 1.54) is 19.3 Å². The van der Waals surface area contributed by atoms with Crippen LogP contribution in [0, 0.1) is 17.8 Å². The zero-order chi connectivity index (χ0) is 21.2. The van der Waals surface area contributed by atoms with Gasteiger partial charge in [0.1, 0.15) is 6.04 Å². The van der Waals surface area contributed by atoms with Crippen LogP contribution in [0.15, 0.2) is 18.2 Å². The van der Waals surface area contributed by atoms with Crippen molar-refractivity contribution in [2.45, 2.75) is 62.9 Å². The summed E-state index contributed by atoms with van der Waals surface area (Å²) >= 11 is 0. The SMILES string of the molecule is O=C(COC(=O)c1ccc2c(c1)NC(=O)[C@@H]1CCCN21)NC12CC3CC(CC(C3)C1)C2. The fraction of sp³-hybridized carbons (Fsp3) is 0.625. The molecule has 2 amide bonds. The lowest BCUT2D eigenvalue weighted by atomic mass is 9.53. The Morgan fingerprint density at radius 1 is 1.13 bits per heavy atom. The maximum Gasteiger partial charge on any atom is 0.338 e. The van der Waals surface area contributed by atoms with Gasteiger partial charge < -0.3 is 20.3 Å². The monoisotopic (exact) mass is 423 g/mol. The van der Waals surface area contributed by atoms with Gasteiger partial charge in [-0.1, -0.05) is 0 Å². The molecule has 7 heteroatoms. The number of hydrogen-bond donors (Lipinski definition) is 2. The fourth-order valence-electron chi connectivity index (χ4n) is 7.37. The molecule has 2 heterocycles. The molecule has 0 unspecified atom stereocenters. The Labute approximate surface area is 181 Å². The van der Waals surface area contributed by atoms with Crippen molar-refractivity contribution in [3.63, 3.8) is 0 Å². The van der Waals surface area contributed by atoms with E-state index in [9.17, 15) is 14.4 Å². The number of amides is 2. The van der Waals surface area contributed by atoms with Gasteiger partial charge in [-0.15, -0.1) is 0 Å². The number of ether oxygens (including phenoxy) is 1. The highest BCUT2D eigenvalue weighted by molar-refractivity contribution is 6.05. The van der Waals surface area contributed by atoms with Crippen LogP contribution in [0.1, 0.15) is 61.7 Å². The fourth-order valence-corrected chi connectivity index (χ4v) is 7.37. The second-order valence-electron chi connectivity index (χ2n) is 10.4. The topological polar surface area (TPSA) is 87.7 Å². The maximum atomic E-state index is 12.6. The predicted molar refractivity (Wildman–Crippen MR) is 115 cm³/mol. The first-order valence-electron chi connectivity index (χ1n) is 11.7. The predicted octanol–water partition coefficient (Wildman–Crippen LogP) is 2.85. The summed E-state index contributed by atoms with van der Waals surface area (Å²) in [5.41, 5.74) is 1.84. The average molecular weight is 424 g/mol. The molecule has 4 aliphatic carbocycles. The lowest BCUT2D eigenvalue weighted by Gasteiger charge is -2.56. The molecule has 4 saturated carbocycles. The first-order valence-corrected chi connectivity index (χ1v) is 11.7. The van der Waals surface area contributed by atoms with Crippen LogP contribution in [-0.4, -0.2) is 42.5 Å². The molecular formula is C24H29N3O4. The van der Waals surface area contributed by atoms with Crippen molar-refractivity contribution in [2.24, 2.45) is 17.8 Å². The van der Waals surface area contributed by atoms with E-state index in [0.29, 0.717) is 11.3 Å². The third-order valence-electron chi connectivity index (χ3n) is 8.13. The van der Waals surface area contributed by atoms with E-state index in [1.807, 2.05) is 6.07 Å². The smallest absolute Gasteiger partial charge is 0.338 e.